The average Bonchev–Trinajstić information content (AvgIpc) is 2.79. The van der Waals surface area contributed by atoms with E-state index in [9.17, 15) is 9.59 Å². The lowest BCUT2D eigenvalue weighted by Gasteiger charge is -2.12. The Kier molecular flexibility index (Phi) is 4.57. The van der Waals surface area contributed by atoms with Gasteiger partial charge in [-0.2, -0.15) is 0 Å². The highest BCUT2D eigenvalue weighted by molar-refractivity contribution is 5.97. The van der Waals surface area contributed by atoms with Crippen LogP contribution in [0.3, 0.4) is 0 Å². The van der Waals surface area contributed by atoms with Gasteiger partial charge in [0.2, 0.25) is 5.91 Å². The van der Waals surface area contributed by atoms with Gasteiger partial charge in [-0.1, -0.05) is 6.92 Å². The summed E-state index contributed by atoms with van der Waals surface area (Å²) in [6.45, 7) is 4.22. The second-order valence-corrected chi connectivity index (χ2v) is 3.50. The normalized spacial score (nSPS) is 11.9. The first kappa shape index (κ1) is 12.3. The number of furan rings is 1. The van der Waals surface area contributed by atoms with Gasteiger partial charge in [0.25, 0.3) is 5.91 Å². The van der Waals surface area contributed by atoms with Crippen molar-refractivity contribution in [2.24, 2.45) is 0 Å². The molecule has 0 fully saturated rings. The number of amides is 2. The molecule has 0 aliphatic rings. The number of rotatable bonds is 5. The van der Waals surface area contributed by atoms with Crippen molar-refractivity contribution in [2.45, 2.75) is 26.3 Å². The molecule has 0 bridgehead atoms. The van der Waals surface area contributed by atoms with Crippen LogP contribution in [0.1, 0.15) is 30.6 Å². The quantitative estimate of drug-likeness (QED) is 0.781. The summed E-state index contributed by atoms with van der Waals surface area (Å²) in [6.07, 6.45) is 3.62. The van der Waals surface area contributed by atoms with E-state index in [1.54, 1.807) is 13.0 Å². The monoisotopic (exact) mass is 224 g/mol. The molecule has 2 N–H and O–H groups in total. The Labute approximate surface area is 94.2 Å². The van der Waals surface area contributed by atoms with E-state index in [-0.39, 0.29) is 11.8 Å². The zero-order valence-corrected chi connectivity index (χ0v) is 9.45. The lowest BCUT2D eigenvalue weighted by atomic mass is 10.2. The van der Waals surface area contributed by atoms with Crippen LogP contribution in [0.5, 0.6) is 0 Å². The van der Waals surface area contributed by atoms with Gasteiger partial charge >= 0.3 is 0 Å². The molecular weight excluding hydrogens is 208 g/mol. The fraction of sp³-hybridized carbons (Fsp3) is 0.455. The summed E-state index contributed by atoms with van der Waals surface area (Å²) in [5.74, 6) is -0.494. The van der Waals surface area contributed by atoms with Crippen LogP contribution in [0.2, 0.25) is 0 Å². The first-order chi connectivity index (χ1) is 7.65. The molecule has 1 heterocycles. The average molecular weight is 224 g/mol. The van der Waals surface area contributed by atoms with Gasteiger partial charge in [0.15, 0.2) is 0 Å². The topological polar surface area (TPSA) is 71.3 Å². The molecule has 0 aliphatic heterocycles. The second-order valence-electron chi connectivity index (χ2n) is 3.50. The molecule has 2 amide bonds. The van der Waals surface area contributed by atoms with Gasteiger partial charge in [-0.15, -0.1) is 0 Å². The van der Waals surface area contributed by atoms with Gasteiger partial charge in [0, 0.05) is 6.54 Å². The van der Waals surface area contributed by atoms with Crippen LogP contribution in [0.15, 0.2) is 23.0 Å². The van der Waals surface area contributed by atoms with Gasteiger partial charge in [-0.25, -0.2) is 0 Å². The predicted octanol–water partition coefficient (Wildman–Crippen LogP) is 0.924. The maximum Gasteiger partial charge on any atom is 0.255 e. The summed E-state index contributed by atoms with van der Waals surface area (Å²) in [4.78, 5) is 23.0. The van der Waals surface area contributed by atoms with Gasteiger partial charge in [-0.05, 0) is 19.4 Å². The number of nitrogens with one attached hydrogen (secondary N) is 2. The molecule has 1 aromatic heterocycles. The van der Waals surface area contributed by atoms with Crippen molar-refractivity contribution in [2.75, 3.05) is 6.54 Å². The molecule has 5 heteroatoms. The molecular formula is C11H16N2O3. The standard InChI is InChI=1S/C11H16N2O3/c1-3-5-12-10(14)8(2)13-11(15)9-4-6-16-7-9/h4,6-8H,3,5H2,1-2H3,(H,12,14)(H,13,15)/t8-/m1/s1. The number of hydrogen-bond acceptors (Lipinski definition) is 3. The molecule has 88 valence electrons. The number of carbonyl (C=O) groups is 2. The Bertz CT molecular complexity index is 346. The molecule has 1 aromatic rings. The first-order valence-electron chi connectivity index (χ1n) is 5.26. The molecule has 1 rings (SSSR count). The van der Waals surface area contributed by atoms with E-state index < -0.39 is 6.04 Å². The van der Waals surface area contributed by atoms with E-state index in [0.29, 0.717) is 12.1 Å². The summed E-state index contributed by atoms with van der Waals surface area (Å²) in [6, 6.07) is 1.00. The van der Waals surface area contributed by atoms with E-state index >= 15 is 0 Å². The van der Waals surface area contributed by atoms with Crippen LogP contribution in [0.4, 0.5) is 0 Å². The van der Waals surface area contributed by atoms with Crippen molar-refractivity contribution in [1.29, 1.82) is 0 Å². The molecule has 1 atom stereocenters. The largest absolute Gasteiger partial charge is 0.472 e. The second kappa shape index (κ2) is 5.95. The van der Waals surface area contributed by atoms with Gasteiger partial charge in [0.05, 0.1) is 11.8 Å². The van der Waals surface area contributed by atoms with E-state index in [2.05, 4.69) is 10.6 Å². The minimum Gasteiger partial charge on any atom is -0.472 e. The van der Waals surface area contributed by atoms with E-state index in [1.165, 1.54) is 12.5 Å². The molecule has 0 saturated heterocycles. The summed E-state index contributed by atoms with van der Waals surface area (Å²) in [5.41, 5.74) is 0.412. The first-order valence-corrected chi connectivity index (χ1v) is 5.26. The van der Waals surface area contributed by atoms with E-state index in [0.717, 1.165) is 6.42 Å². The maximum absolute atomic E-state index is 11.5. The maximum atomic E-state index is 11.5. The summed E-state index contributed by atoms with van der Waals surface area (Å²) in [7, 11) is 0. The minimum atomic E-state index is -0.547. The van der Waals surface area contributed by atoms with Crippen LogP contribution in [0.25, 0.3) is 0 Å². The Hall–Kier alpha value is -1.78. The molecule has 0 spiro atoms. The zero-order chi connectivity index (χ0) is 12.0. The fourth-order valence-electron chi connectivity index (χ4n) is 1.14. The molecule has 0 unspecified atom stereocenters. The highest BCUT2D eigenvalue weighted by Crippen LogP contribution is 1.99. The summed E-state index contributed by atoms with van der Waals surface area (Å²) < 4.78 is 4.78. The van der Waals surface area contributed by atoms with E-state index in [4.69, 9.17) is 4.42 Å². The van der Waals surface area contributed by atoms with Crippen molar-refractivity contribution in [1.82, 2.24) is 10.6 Å². The molecule has 5 nitrogen and oxygen atoms in total. The van der Waals surface area contributed by atoms with Crippen LogP contribution in [-0.4, -0.2) is 24.4 Å². The SMILES string of the molecule is CCCNC(=O)[C@@H](C)NC(=O)c1ccoc1. The van der Waals surface area contributed by atoms with Crippen LogP contribution in [-0.2, 0) is 4.79 Å². The predicted molar refractivity (Wildman–Crippen MR) is 58.9 cm³/mol. The third-order valence-electron chi connectivity index (χ3n) is 2.07. The van der Waals surface area contributed by atoms with Gasteiger partial charge < -0.3 is 15.1 Å². The van der Waals surface area contributed by atoms with Crippen molar-refractivity contribution in [3.8, 4) is 0 Å². The Balaban J connectivity index is 2.42. The fourth-order valence-corrected chi connectivity index (χ4v) is 1.14. The van der Waals surface area contributed by atoms with Crippen LogP contribution >= 0.6 is 0 Å². The third-order valence-corrected chi connectivity index (χ3v) is 2.07. The Morgan fingerprint density at radius 1 is 1.50 bits per heavy atom. The third kappa shape index (κ3) is 3.42. The van der Waals surface area contributed by atoms with Crippen molar-refractivity contribution < 1.29 is 14.0 Å². The summed E-state index contributed by atoms with van der Waals surface area (Å²) >= 11 is 0. The van der Waals surface area contributed by atoms with Gasteiger partial charge in [-0.3, -0.25) is 9.59 Å². The Morgan fingerprint density at radius 2 is 2.25 bits per heavy atom. The van der Waals surface area contributed by atoms with Crippen LogP contribution < -0.4 is 10.6 Å². The molecule has 0 aliphatic carbocycles. The van der Waals surface area contributed by atoms with E-state index in [1.807, 2.05) is 6.92 Å². The Morgan fingerprint density at radius 3 is 2.81 bits per heavy atom. The van der Waals surface area contributed by atoms with Crippen molar-refractivity contribution >= 4 is 11.8 Å². The molecule has 0 radical (unpaired) electrons. The highest BCUT2D eigenvalue weighted by Gasteiger charge is 2.16. The van der Waals surface area contributed by atoms with Gasteiger partial charge in [0.1, 0.15) is 12.3 Å². The molecule has 16 heavy (non-hydrogen) atoms. The minimum absolute atomic E-state index is 0.182. The number of hydrogen-bond donors (Lipinski definition) is 2. The van der Waals surface area contributed by atoms with Crippen LogP contribution in [0, 0.1) is 0 Å². The highest BCUT2D eigenvalue weighted by atomic mass is 16.3. The zero-order valence-electron chi connectivity index (χ0n) is 9.45. The lowest BCUT2D eigenvalue weighted by Crippen LogP contribution is -2.44. The lowest BCUT2D eigenvalue weighted by molar-refractivity contribution is -0.122. The van der Waals surface area contributed by atoms with Crippen molar-refractivity contribution in [3.63, 3.8) is 0 Å². The smallest absolute Gasteiger partial charge is 0.255 e. The summed E-state index contributed by atoms with van der Waals surface area (Å²) in [5, 5.41) is 5.29. The molecule has 0 saturated carbocycles. The molecule has 0 aromatic carbocycles. The van der Waals surface area contributed by atoms with Crippen molar-refractivity contribution in [3.05, 3.63) is 24.2 Å². The number of carbonyl (C=O) groups excluding carboxylic acids is 2.